The highest BCUT2D eigenvalue weighted by Gasteiger charge is 2.19. The van der Waals surface area contributed by atoms with Crippen LogP contribution in [0, 0.1) is 0 Å². The van der Waals surface area contributed by atoms with Crippen molar-refractivity contribution in [2.24, 2.45) is 5.84 Å². The van der Waals surface area contributed by atoms with Crippen molar-refractivity contribution in [3.8, 4) is 17.1 Å². The number of aryl methyl sites for hydroxylation is 1. The van der Waals surface area contributed by atoms with Gasteiger partial charge in [-0.1, -0.05) is 15.9 Å². The number of anilines is 1. The Morgan fingerprint density at radius 2 is 2.05 bits per heavy atom. The van der Waals surface area contributed by atoms with Crippen molar-refractivity contribution in [3.05, 3.63) is 33.9 Å². The highest BCUT2D eigenvalue weighted by molar-refractivity contribution is 9.10. The Hall–Kier alpha value is -1.66. The minimum atomic E-state index is 0.641. The number of halogens is 1. The number of nitrogens with two attached hydrogens (primary N) is 1. The molecule has 1 aromatic carbocycles. The van der Waals surface area contributed by atoms with E-state index in [1.807, 2.05) is 18.2 Å². The number of hydrazine groups is 1. The summed E-state index contributed by atoms with van der Waals surface area (Å²) in [6.07, 6.45) is 4.26. The van der Waals surface area contributed by atoms with E-state index in [1.54, 1.807) is 7.11 Å². The Bertz CT molecular complexity index is 658. The number of hydrogen-bond donors (Lipinski definition) is 2. The van der Waals surface area contributed by atoms with Gasteiger partial charge in [-0.15, -0.1) is 0 Å². The Kier molecular flexibility index (Phi) is 4.07. The third kappa shape index (κ3) is 2.73. The molecule has 5 nitrogen and oxygen atoms in total. The second kappa shape index (κ2) is 5.99. The average Bonchev–Trinajstić information content (AvgIpc) is 2.53. The van der Waals surface area contributed by atoms with Crippen molar-refractivity contribution in [1.82, 2.24) is 9.97 Å². The summed E-state index contributed by atoms with van der Waals surface area (Å²) in [5.74, 6) is 7.75. The number of nitrogens with zero attached hydrogens (tertiary/aromatic N) is 2. The van der Waals surface area contributed by atoms with E-state index in [-0.39, 0.29) is 0 Å². The van der Waals surface area contributed by atoms with Gasteiger partial charge in [-0.2, -0.15) is 0 Å². The molecule has 21 heavy (non-hydrogen) atoms. The SMILES string of the molecule is COc1ccc(Br)cc1-c1nc2c(c(NN)n1)CCCC2. The molecule has 1 aliphatic rings. The molecule has 3 N–H and O–H groups in total. The summed E-state index contributed by atoms with van der Waals surface area (Å²) in [7, 11) is 1.65. The lowest BCUT2D eigenvalue weighted by Crippen LogP contribution is -2.17. The van der Waals surface area contributed by atoms with Crippen LogP contribution in [0.15, 0.2) is 22.7 Å². The van der Waals surface area contributed by atoms with E-state index in [4.69, 9.17) is 15.6 Å². The predicted molar refractivity (Wildman–Crippen MR) is 86.2 cm³/mol. The second-order valence-corrected chi connectivity index (χ2v) is 5.93. The van der Waals surface area contributed by atoms with Crippen LogP contribution in [0.3, 0.4) is 0 Å². The minimum absolute atomic E-state index is 0.641. The van der Waals surface area contributed by atoms with E-state index >= 15 is 0 Å². The smallest absolute Gasteiger partial charge is 0.165 e. The zero-order valence-electron chi connectivity index (χ0n) is 11.8. The van der Waals surface area contributed by atoms with Crippen LogP contribution in [-0.2, 0) is 12.8 Å². The first-order valence-electron chi connectivity index (χ1n) is 6.93. The van der Waals surface area contributed by atoms with Gasteiger partial charge in [0.05, 0.1) is 12.7 Å². The summed E-state index contributed by atoms with van der Waals surface area (Å²) in [6.45, 7) is 0. The maximum atomic E-state index is 5.64. The van der Waals surface area contributed by atoms with Crippen molar-refractivity contribution >= 4 is 21.7 Å². The number of rotatable bonds is 3. The van der Waals surface area contributed by atoms with E-state index in [1.165, 1.54) is 0 Å². The van der Waals surface area contributed by atoms with E-state index < -0.39 is 0 Å². The summed E-state index contributed by atoms with van der Waals surface area (Å²) in [6, 6.07) is 5.80. The molecule has 2 aromatic rings. The van der Waals surface area contributed by atoms with Crippen molar-refractivity contribution in [1.29, 1.82) is 0 Å². The summed E-state index contributed by atoms with van der Waals surface area (Å²) < 4.78 is 6.38. The van der Waals surface area contributed by atoms with Gasteiger partial charge in [-0.25, -0.2) is 15.8 Å². The molecule has 110 valence electrons. The monoisotopic (exact) mass is 348 g/mol. The number of aromatic nitrogens is 2. The summed E-state index contributed by atoms with van der Waals surface area (Å²) in [5.41, 5.74) is 5.80. The normalized spacial score (nSPS) is 13.7. The highest BCUT2D eigenvalue weighted by Crippen LogP contribution is 2.33. The Morgan fingerprint density at radius 3 is 2.81 bits per heavy atom. The summed E-state index contributed by atoms with van der Waals surface area (Å²) >= 11 is 3.48. The van der Waals surface area contributed by atoms with Gasteiger partial charge in [0.1, 0.15) is 11.6 Å². The molecule has 0 fully saturated rings. The molecule has 0 amide bonds. The predicted octanol–water partition coefficient (Wildman–Crippen LogP) is 3.08. The van der Waals surface area contributed by atoms with Crippen LogP contribution in [0.2, 0.25) is 0 Å². The van der Waals surface area contributed by atoms with Crippen LogP contribution in [0.4, 0.5) is 5.82 Å². The number of nitrogen functional groups attached to an aromatic ring is 1. The fraction of sp³-hybridized carbons (Fsp3) is 0.333. The van der Waals surface area contributed by atoms with Gasteiger partial charge in [0.2, 0.25) is 0 Å². The van der Waals surface area contributed by atoms with Crippen LogP contribution >= 0.6 is 15.9 Å². The molecule has 0 unspecified atom stereocenters. The average molecular weight is 349 g/mol. The van der Waals surface area contributed by atoms with E-state index in [0.717, 1.165) is 58.5 Å². The number of methoxy groups -OCH3 is 1. The summed E-state index contributed by atoms with van der Waals surface area (Å²) in [4.78, 5) is 9.31. The molecular formula is C15H17BrN4O. The molecule has 0 saturated carbocycles. The van der Waals surface area contributed by atoms with Crippen LogP contribution in [0.1, 0.15) is 24.1 Å². The lowest BCUT2D eigenvalue weighted by molar-refractivity contribution is 0.416. The molecule has 1 heterocycles. The first kappa shape index (κ1) is 14.3. The first-order chi connectivity index (χ1) is 10.2. The molecule has 0 spiro atoms. The van der Waals surface area contributed by atoms with Gasteiger partial charge < -0.3 is 10.2 Å². The van der Waals surface area contributed by atoms with Gasteiger partial charge in [0.15, 0.2) is 5.82 Å². The summed E-state index contributed by atoms with van der Waals surface area (Å²) in [5, 5.41) is 0. The Balaban J connectivity index is 2.17. The fourth-order valence-electron chi connectivity index (χ4n) is 2.69. The molecule has 0 bridgehead atoms. The minimum Gasteiger partial charge on any atom is -0.496 e. The van der Waals surface area contributed by atoms with Crippen molar-refractivity contribution in [3.63, 3.8) is 0 Å². The lowest BCUT2D eigenvalue weighted by atomic mass is 9.96. The number of ether oxygens (including phenoxy) is 1. The highest BCUT2D eigenvalue weighted by atomic mass is 79.9. The van der Waals surface area contributed by atoms with Gasteiger partial charge in [0.25, 0.3) is 0 Å². The van der Waals surface area contributed by atoms with E-state index in [2.05, 4.69) is 26.3 Å². The molecular weight excluding hydrogens is 332 g/mol. The van der Waals surface area contributed by atoms with Crippen LogP contribution in [-0.4, -0.2) is 17.1 Å². The van der Waals surface area contributed by atoms with Crippen LogP contribution in [0.25, 0.3) is 11.4 Å². The standard InChI is InChI=1S/C15H17BrN4O/c1-21-13-7-6-9(16)8-11(13)14-18-12-5-3-2-4-10(12)15(19-14)20-17/h6-8H,2-5,17H2,1H3,(H,18,19,20). The first-order valence-corrected chi connectivity index (χ1v) is 7.72. The largest absolute Gasteiger partial charge is 0.496 e. The van der Waals surface area contributed by atoms with Gasteiger partial charge in [0, 0.05) is 15.7 Å². The molecule has 3 rings (SSSR count). The van der Waals surface area contributed by atoms with Gasteiger partial charge >= 0.3 is 0 Å². The van der Waals surface area contributed by atoms with Crippen LogP contribution < -0.4 is 16.0 Å². The van der Waals surface area contributed by atoms with Gasteiger partial charge in [-0.05, 0) is 43.9 Å². The molecule has 6 heteroatoms. The topological polar surface area (TPSA) is 73.1 Å². The molecule has 1 aromatic heterocycles. The maximum absolute atomic E-state index is 5.64. The lowest BCUT2D eigenvalue weighted by Gasteiger charge is -2.19. The van der Waals surface area contributed by atoms with Gasteiger partial charge in [-0.3, -0.25) is 0 Å². The number of fused-ring (bicyclic) bond motifs is 1. The maximum Gasteiger partial charge on any atom is 0.165 e. The molecule has 0 radical (unpaired) electrons. The van der Waals surface area contributed by atoms with Crippen molar-refractivity contribution < 1.29 is 4.74 Å². The van der Waals surface area contributed by atoms with Crippen molar-refractivity contribution in [2.45, 2.75) is 25.7 Å². The molecule has 1 aliphatic carbocycles. The van der Waals surface area contributed by atoms with Crippen LogP contribution in [0.5, 0.6) is 5.75 Å². The molecule has 0 saturated heterocycles. The number of nitrogens with one attached hydrogen (secondary N) is 1. The quantitative estimate of drug-likeness (QED) is 0.658. The zero-order valence-corrected chi connectivity index (χ0v) is 13.4. The fourth-order valence-corrected chi connectivity index (χ4v) is 3.05. The number of hydrogen-bond acceptors (Lipinski definition) is 5. The Labute approximate surface area is 132 Å². The number of benzene rings is 1. The van der Waals surface area contributed by atoms with E-state index in [9.17, 15) is 0 Å². The molecule has 0 atom stereocenters. The molecule has 0 aliphatic heterocycles. The van der Waals surface area contributed by atoms with E-state index in [0.29, 0.717) is 5.82 Å². The zero-order chi connectivity index (χ0) is 14.8. The van der Waals surface area contributed by atoms with Crippen molar-refractivity contribution in [2.75, 3.05) is 12.5 Å². The third-order valence-electron chi connectivity index (χ3n) is 3.72. The second-order valence-electron chi connectivity index (χ2n) is 5.02. The Morgan fingerprint density at radius 1 is 1.24 bits per heavy atom. The third-order valence-corrected chi connectivity index (χ3v) is 4.22.